The number of nitrogens with one attached hydrogen (secondary N) is 2. The van der Waals surface area contributed by atoms with Crippen molar-refractivity contribution in [3.05, 3.63) is 48.0 Å². The summed E-state index contributed by atoms with van der Waals surface area (Å²) in [7, 11) is 3.24. The highest BCUT2D eigenvalue weighted by atomic mass is 16.5. The third kappa shape index (κ3) is 4.65. The number of benzene rings is 2. The number of carbonyl (C=O) groups is 1. The first-order chi connectivity index (χ1) is 11.5. The van der Waals surface area contributed by atoms with Gasteiger partial charge in [0.1, 0.15) is 11.5 Å². The minimum atomic E-state index is -0.0828. The van der Waals surface area contributed by atoms with Crippen molar-refractivity contribution in [2.75, 3.05) is 24.9 Å². The van der Waals surface area contributed by atoms with Gasteiger partial charge in [0.05, 0.1) is 19.9 Å². The molecule has 0 bridgehead atoms. The molecule has 0 aromatic heterocycles. The van der Waals surface area contributed by atoms with Gasteiger partial charge in [-0.3, -0.25) is 4.79 Å². The lowest BCUT2D eigenvalue weighted by Gasteiger charge is -2.14. The molecule has 2 N–H and O–H groups in total. The third-order valence-electron chi connectivity index (χ3n) is 3.61. The molecule has 2 aromatic carbocycles. The summed E-state index contributed by atoms with van der Waals surface area (Å²) in [6.45, 7) is 4.37. The monoisotopic (exact) mass is 328 g/mol. The van der Waals surface area contributed by atoms with Crippen molar-refractivity contribution in [3.8, 4) is 11.5 Å². The summed E-state index contributed by atoms with van der Waals surface area (Å²) in [4.78, 5) is 11.8. The van der Waals surface area contributed by atoms with Crippen LogP contribution in [-0.4, -0.2) is 20.1 Å². The molecule has 128 valence electrons. The average Bonchev–Trinajstić information content (AvgIpc) is 2.60. The van der Waals surface area contributed by atoms with Crippen LogP contribution in [0.4, 0.5) is 11.4 Å². The van der Waals surface area contributed by atoms with Crippen molar-refractivity contribution >= 4 is 17.3 Å². The molecule has 0 unspecified atom stereocenters. The normalized spacial score (nSPS) is 10.4. The molecule has 0 fully saturated rings. The summed E-state index contributed by atoms with van der Waals surface area (Å²) >= 11 is 0. The number of hydrogen-bond acceptors (Lipinski definition) is 4. The number of amides is 1. The van der Waals surface area contributed by atoms with E-state index in [1.165, 1.54) is 0 Å². The van der Waals surface area contributed by atoms with E-state index in [4.69, 9.17) is 9.47 Å². The highest BCUT2D eigenvalue weighted by molar-refractivity contribution is 5.93. The van der Waals surface area contributed by atoms with Gasteiger partial charge < -0.3 is 20.1 Å². The van der Waals surface area contributed by atoms with Crippen molar-refractivity contribution in [1.82, 2.24) is 0 Å². The zero-order valence-corrected chi connectivity index (χ0v) is 14.6. The Bertz CT molecular complexity index is 699. The molecule has 1 amide bonds. The van der Waals surface area contributed by atoms with Crippen LogP contribution in [0.3, 0.4) is 0 Å². The maximum atomic E-state index is 11.8. The van der Waals surface area contributed by atoms with E-state index >= 15 is 0 Å². The molecule has 0 aliphatic heterocycles. The van der Waals surface area contributed by atoms with E-state index in [0.717, 1.165) is 17.0 Å². The third-order valence-corrected chi connectivity index (χ3v) is 3.61. The fourth-order valence-electron chi connectivity index (χ4n) is 2.17. The summed E-state index contributed by atoms with van der Waals surface area (Å²) in [6, 6.07) is 13.5. The molecule has 0 atom stereocenters. The molecule has 0 saturated heterocycles. The summed E-state index contributed by atoms with van der Waals surface area (Å²) in [5.41, 5.74) is 2.70. The van der Waals surface area contributed by atoms with Crippen molar-refractivity contribution < 1.29 is 14.3 Å². The van der Waals surface area contributed by atoms with Crippen molar-refractivity contribution in [3.63, 3.8) is 0 Å². The minimum Gasteiger partial charge on any atom is -0.497 e. The van der Waals surface area contributed by atoms with Crippen LogP contribution >= 0.6 is 0 Å². The van der Waals surface area contributed by atoms with Gasteiger partial charge in [0.2, 0.25) is 5.91 Å². The second-order valence-corrected chi connectivity index (χ2v) is 5.76. The molecule has 0 spiro atoms. The van der Waals surface area contributed by atoms with Crippen LogP contribution in [0.1, 0.15) is 19.4 Å². The quantitative estimate of drug-likeness (QED) is 0.809. The first-order valence-corrected chi connectivity index (χ1v) is 7.89. The van der Waals surface area contributed by atoms with E-state index in [-0.39, 0.29) is 11.8 Å². The Kier molecular flexibility index (Phi) is 6.07. The number of anilines is 2. The summed E-state index contributed by atoms with van der Waals surface area (Å²) in [5, 5.41) is 6.21. The predicted octanol–water partition coefficient (Wildman–Crippen LogP) is 3.91. The highest BCUT2D eigenvalue weighted by Gasteiger charge is 2.11. The van der Waals surface area contributed by atoms with Gasteiger partial charge in [-0.15, -0.1) is 0 Å². The summed E-state index contributed by atoms with van der Waals surface area (Å²) < 4.78 is 10.6. The van der Waals surface area contributed by atoms with E-state index in [2.05, 4.69) is 10.6 Å². The lowest BCUT2D eigenvalue weighted by atomic mass is 10.2. The van der Waals surface area contributed by atoms with Crippen LogP contribution in [0.25, 0.3) is 0 Å². The van der Waals surface area contributed by atoms with Gasteiger partial charge in [-0.2, -0.15) is 0 Å². The van der Waals surface area contributed by atoms with E-state index in [1.807, 2.05) is 56.3 Å². The first-order valence-electron chi connectivity index (χ1n) is 7.89. The smallest absolute Gasteiger partial charge is 0.227 e. The van der Waals surface area contributed by atoms with Gasteiger partial charge in [0.15, 0.2) is 0 Å². The van der Waals surface area contributed by atoms with Gasteiger partial charge >= 0.3 is 0 Å². The fraction of sp³-hybridized carbons (Fsp3) is 0.316. The van der Waals surface area contributed by atoms with Crippen molar-refractivity contribution in [2.24, 2.45) is 5.92 Å². The van der Waals surface area contributed by atoms with Gasteiger partial charge in [0.25, 0.3) is 0 Å². The molecule has 0 aliphatic carbocycles. The van der Waals surface area contributed by atoms with E-state index in [1.54, 1.807) is 14.2 Å². The second-order valence-electron chi connectivity index (χ2n) is 5.76. The van der Waals surface area contributed by atoms with Gasteiger partial charge in [0, 0.05) is 24.2 Å². The average molecular weight is 328 g/mol. The van der Waals surface area contributed by atoms with Crippen molar-refractivity contribution in [1.29, 1.82) is 0 Å². The van der Waals surface area contributed by atoms with Crippen LogP contribution in [0.2, 0.25) is 0 Å². The fourth-order valence-corrected chi connectivity index (χ4v) is 2.17. The number of methoxy groups -OCH3 is 2. The number of carbonyl (C=O) groups excluding carboxylic acids is 1. The molecular weight excluding hydrogens is 304 g/mol. The lowest BCUT2D eigenvalue weighted by Crippen LogP contribution is -2.18. The van der Waals surface area contributed by atoms with Gasteiger partial charge in [-0.1, -0.05) is 26.0 Å². The maximum Gasteiger partial charge on any atom is 0.227 e. The molecule has 0 saturated carbocycles. The van der Waals surface area contributed by atoms with Crippen LogP contribution in [0.5, 0.6) is 11.5 Å². The van der Waals surface area contributed by atoms with Crippen LogP contribution in [0, 0.1) is 5.92 Å². The van der Waals surface area contributed by atoms with Crippen LogP contribution < -0.4 is 20.1 Å². The van der Waals surface area contributed by atoms with E-state index in [9.17, 15) is 4.79 Å². The largest absolute Gasteiger partial charge is 0.497 e. The minimum absolute atomic E-state index is 0.0367. The predicted molar refractivity (Wildman–Crippen MR) is 96.8 cm³/mol. The first kappa shape index (κ1) is 17.7. The number of rotatable bonds is 7. The van der Waals surface area contributed by atoms with Gasteiger partial charge in [-0.05, 0) is 29.8 Å². The molecule has 24 heavy (non-hydrogen) atoms. The van der Waals surface area contributed by atoms with E-state index in [0.29, 0.717) is 18.0 Å². The zero-order valence-electron chi connectivity index (χ0n) is 14.6. The summed E-state index contributed by atoms with van der Waals surface area (Å²) in [6.07, 6.45) is 0. The molecule has 5 nitrogen and oxygen atoms in total. The standard InChI is InChI=1S/C19H24N2O3/c1-13(2)19(22)21-17-9-8-15(11-18(17)24-4)20-12-14-6-5-7-16(10-14)23-3/h5-11,13,20H,12H2,1-4H3,(H,21,22). The molecule has 2 rings (SSSR count). The maximum absolute atomic E-state index is 11.8. The molecule has 0 radical (unpaired) electrons. The van der Waals surface area contributed by atoms with Crippen LogP contribution in [-0.2, 0) is 11.3 Å². The Labute approximate surface area is 143 Å². The Balaban J connectivity index is 2.07. The Morgan fingerprint density at radius 1 is 1.08 bits per heavy atom. The Morgan fingerprint density at radius 3 is 2.54 bits per heavy atom. The molecular formula is C19H24N2O3. The molecule has 2 aromatic rings. The number of ether oxygens (including phenoxy) is 2. The second kappa shape index (κ2) is 8.24. The van der Waals surface area contributed by atoms with Crippen molar-refractivity contribution in [2.45, 2.75) is 20.4 Å². The van der Waals surface area contributed by atoms with E-state index < -0.39 is 0 Å². The Hall–Kier alpha value is -2.69. The molecule has 0 aliphatic rings. The SMILES string of the molecule is COc1cccc(CNc2ccc(NC(=O)C(C)C)c(OC)c2)c1. The zero-order chi connectivity index (χ0) is 17.5. The lowest BCUT2D eigenvalue weighted by molar-refractivity contribution is -0.118. The summed E-state index contributed by atoms with van der Waals surface area (Å²) in [5.74, 6) is 1.34. The highest BCUT2D eigenvalue weighted by Crippen LogP contribution is 2.28. The van der Waals surface area contributed by atoms with Gasteiger partial charge in [-0.25, -0.2) is 0 Å². The number of hydrogen-bond donors (Lipinski definition) is 2. The Morgan fingerprint density at radius 2 is 1.88 bits per heavy atom. The van der Waals surface area contributed by atoms with Crippen LogP contribution in [0.15, 0.2) is 42.5 Å². The topological polar surface area (TPSA) is 59.6 Å². The molecule has 5 heteroatoms. The molecule has 0 heterocycles.